The highest BCUT2D eigenvalue weighted by atomic mass is 79.9. The van der Waals surface area contributed by atoms with Gasteiger partial charge in [-0.3, -0.25) is 14.7 Å². The number of aromatic amines is 1. The smallest absolute Gasteiger partial charge is 0.227 e. The van der Waals surface area contributed by atoms with E-state index < -0.39 is 11.8 Å². The summed E-state index contributed by atoms with van der Waals surface area (Å²) in [4.78, 5) is 24.7. The number of rotatable bonds is 2. The van der Waals surface area contributed by atoms with E-state index in [-0.39, 0.29) is 12.3 Å². The van der Waals surface area contributed by atoms with Crippen LogP contribution in [0.5, 0.6) is 0 Å². The minimum absolute atomic E-state index is 0.0808. The van der Waals surface area contributed by atoms with Crippen LogP contribution in [0.2, 0.25) is 0 Å². The molecule has 0 bridgehead atoms. The molecular formula is C12H11BrN4O2. The largest absolute Gasteiger partial charge is 0.369 e. The SMILES string of the molecule is NC(=O)C1CC(=O)N(c2ccc3n[nH]c(Br)c3c2)C1. The fraction of sp³-hybridized carbons (Fsp3) is 0.250. The predicted octanol–water partition coefficient (Wildman–Crippen LogP) is 1.16. The first-order chi connectivity index (χ1) is 9.06. The molecule has 6 nitrogen and oxygen atoms in total. The fourth-order valence-corrected chi connectivity index (χ4v) is 2.69. The van der Waals surface area contributed by atoms with Crippen LogP contribution in [0.3, 0.4) is 0 Å². The van der Waals surface area contributed by atoms with Crippen molar-refractivity contribution in [1.82, 2.24) is 10.2 Å². The molecule has 1 saturated heterocycles. The predicted molar refractivity (Wildman–Crippen MR) is 73.4 cm³/mol. The van der Waals surface area contributed by atoms with Crippen molar-refractivity contribution in [1.29, 1.82) is 0 Å². The van der Waals surface area contributed by atoms with E-state index in [9.17, 15) is 9.59 Å². The maximum atomic E-state index is 11.9. The lowest BCUT2D eigenvalue weighted by atomic mass is 10.1. The van der Waals surface area contributed by atoms with Crippen molar-refractivity contribution in [3.63, 3.8) is 0 Å². The number of hydrogen-bond acceptors (Lipinski definition) is 3. The molecular weight excluding hydrogens is 312 g/mol. The van der Waals surface area contributed by atoms with Crippen molar-refractivity contribution in [2.45, 2.75) is 6.42 Å². The van der Waals surface area contributed by atoms with E-state index in [1.54, 1.807) is 4.90 Å². The maximum Gasteiger partial charge on any atom is 0.227 e. The molecule has 19 heavy (non-hydrogen) atoms. The number of H-pyrrole nitrogens is 1. The van der Waals surface area contributed by atoms with Gasteiger partial charge in [0.05, 0.1) is 11.4 Å². The van der Waals surface area contributed by atoms with Crippen LogP contribution in [0.1, 0.15) is 6.42 Å². The molecule has 0 aliphatic carbocycles. The zero-order chi connectivity index (χ0) is 13.6. The molecule has 0 spiro atoms. The van der Waals surface area contributed by atoms with E-state index in [0.717, 1.165) is 21.2 Å². The number of anilines is 1. The third kappa shape index (κ3) is 1.99. The van der Waals surface area contributed by atoms with E-state index in [0.29, 0.717) is 6.54 Å². The second kappa shape index (κ2) is 4.34. The van der Waals surface area contributed by atoms with Gasteiger partial charge in [0.1, 0.15) is 4.60 Å². The minimum atomic E-state index is -0.429. The zero-order valence-electron chi connectivity index (χ0n) is 9.89. The summed E-state index contributed by atoms with van der Waals surface area (Å²) >= 11 is 3.36. The van der Waals surface area contributed by atoms with E-state index in [1.165, 1.54) is 0 Å². The van der Waals surface area contributed by atoms with Gasteiger partial charge in [0.2, 0.25) is 11.8 Å². The lowest BCUT2D eigenvalue weighted by molar-refractivity contribution is -0.123. The first-order valence-electron chi connectivity index (χ1n) is 5.79. The number of benzene rings is 1. The molecule has 0 radical (unpaired) electrons. The molecule has 3 rings (SSSR count). The van der Waals surface area contributed by atoms with E-state index >= 15 is 0 Å². The van der Waals surface area contributed by atoms with Crippen LogP contribution >= 0.6 is 15.9 Å². The Morgan fingerprint density at radius 2 is 2.32 bits per heavy atom. The Labute approximate surface area is 117 Å². The van der Waals surface area contributed by atoms with E-state index in [4.69, 9.17) is 5.73 Å². The molecule has 1 aliphatic rings. The molecule has 3 N–H and O–H groups in total. The molecule has 1 aromatic carbocycles. The second-order valence-electron chi connectivity index (χ2n) is 4.55. The van der Waals surface area contributed by atoms with E-state index in [1.807, 2.05) is 18.2 Å². The Bertz CT molecular complexity index is 681. The first kappa shape index (κ1) is 12.2. The van der Waals surface area contributed by atoms with Crippen LogP contribution in [0.15, 0.2) is 22.8 Å². The Kier molecular flexibility index (Phi) is 2.78. The van der Waals surface area contributed by atoms with Gasteiger partial charge in [-0.25, -0.2) is 0 Å². The highest BCUT2D eigenvalue weighted by Crippen LogP contribution is 2.30. The first-order valence-corrected chi connectivity index (χ1v) is 6.59. The molecule has 1 unspecified atom stereocenters. The summed E-state index contributed by atoms with van der Waals surface area (Å²) < 4.78 is 0.766. The van der Waals surface area contributed by atoms with Gasteiger partial charge in [0.25, 0.3) is 0 Å². The third-order valence-corrected chi connectivity index (χ3v) is 3.93. The number of halogens is 1. The average molecular weight is 323 g/mol. The number of nitrogens with zero attached hydrogens (tertiary/aromatic N) is 2. The van der Waals surface area contributed by atoms with Gasteiger partial charge in [0, 0.05) is 24.0 Å². The molecule has 98 valence electrons. The summed E-state index contributed by atoms with van der Waals surface area (Å²) in [6.07, 6.45) is 0.180. The van der Waals surface area contributed by atoms with Crippen LogP contribution in [0.4, 0.5) is 5.69 Å². The highest BCUT2D eigenvalue weighted by Gasteiger charge is 2.34. The van der Waals surface area contributed by atoms with Crippen LogP contribution in [-0.2, 0) is 9.59 Å². The molecule has 1 atom stereocenters. The Hall–Kier alpha value is -1.89. The van der Waals surface area contributed by atoms with Crippen LogP contribution in [0, 0.1) is 5.92 Å². The van der Waals surface area contributed by atoms with Gasteiger partial charge < -0.3 is 10.6 Å². The van der Waals surface area contributed by atoms with Gasteiger partial charge in [0.15, 0.2) is 0 Å². The fourth-order valence-electron chi connectivity index (χ4n) is 2.28. The normalized spacial score (nSPS) is 19.3. The van der Waals surface area contributed by atoms with Gasteiger partial charge in [-0.15, -0.1) is 0 Å². The van der Waals surface area contributed by atoms with Crippen molar-refractivity contribution in [2.24, 2.45) is 11.7 Å². The summed E-state index contributed by atoms with van der Waals surface area (Å²) in [5.74, 6) is -0.917. The Morgan fingerprint density at radius 1 is 1.53 bits per heavy atom. The number of fused-ring (bicyclic) bond motifs is 1. The van der Waals surface area contributed by atoms with Crippen molar-refractivity contribution in [3.8, 4) is 0 Å². The molecule has 0 saturated carbocycles. The number of nitrogens with one attached hydrogen (secondary N) is 1. The Balaban J connectivity index is 1.98. The zero-order valence-corrected chi connectivity index (χ0v) is 11.5. The number of hydrogen-bond donors (Lipinski definition) is 2. The van der Waals surface area contributed by atoms with Crippen molar-refractivity contribution < 1.29 is 9.59 Å². The number of amides is 2. The van der Waals surface area contributed by atoms with Crippen molar-refractivity contribution >= 4 is 44.3 Å². The quantitative estimate of drug-likeness (QED) is 0.869. The molecule has 1 aromatic heterocycles. The number of aromatic nitrogens is 2. The summed E-state index contributed by atoms with van der Waals surface area (Å²) in [6, 6.07) is 5.51. The number of carbonyl (C=O) groups is 2. The number of primary amides is 1. The van der Waals surface area contributed by atoms with Gasteiger partial charge in [-0.2, -0.15) is 5.10 Å². The monoisotopic (exact) mass is 322 g/mol. The summed E-state index contributed by atoms with van der Waals surface area (Å²) in [5.41, 5.74) is 6.82. The van der Waals surface area contributed by atoms with Gasteiger partial charge in [-0.1, -0.05) is 0 Å². The van der Waals surface area contributed by atoms with Gasteiger partial charge in [-0.05, 0) is 34.1 Å². The molecule has 2 aromatic rings. The average Bonchev–Trinajstić information content (AvgIpc) is 2.93. The van der Waals surface area contributed by atoms with Crippen LogP contribution < -0.4 is 10.6 Å². The van der Waals surface area contributed by atoms with E-state index in [2.05, 4.69) is 26.1 Å². The Morgan fingerprint density at radius 3 is 3.00 bits per heavy atom. The summed E-state index contributed by atoms with van der Waals surface area (Å²) in [5, 5.41) is 7.82. The third-order valence-electron chi connectivity index (χ3n) is 3.33. The van der Waals surface area contributed by atoms with Crippen molar-refractivity contribution in [2.75, 3.05) is 11.4 Å². The highest BCUT2D eigenvalue weighted by molar-refractivity contribution is 9.10. The molecule has 1 fully saturated rings. The molecule has 7 heteroatoms. The minimum Gasteiger partial charge on any atom is -0.369 e. The standard InChI is InChI=1S/C12H11BrN4O2/c13-11-8-4-7(1-2-9(8)15-16-11)17-5-6(12(14)19)3-10(17)18/h1-2,4,6H,3,5H2,(H2,14,19)(H,15,16). The van der Waals surface area contributed by atoms with Gasteiger partial charge >= 0.3 is 0 Å². The molecule has 2 amide bonds. The number of carbonyl (C=O) groups excluding carboxylic acids is 2. The maximum absolute atomic E-state index is 11.9. The summed E-state index contributed by atoms with van der Waals surface area (Å²) in [6.45, 7) is 0.342. The second-order valence-corrected chi connectivity index (χ2v) is 5.34. The van der Waals surface area contributed by atoms with Crippen molar-refractivity contribution in [3.05, 3.63) is 22.8 Å². The van der Waals surface area contributed by atoms with Crippen LogP contribution in [0.25, 0.3) is 10.9 Å². The topological polar surface area (TPSA) is 92.1 Å². The summed E-state index contributed by atoms with van der Waals surface area (Å²) in [7, 11) is 0. The lowest BCUT2D eigenvalue weighted by Crippen LogP contribution is -2.28. The number of nitrogens with two attached hydrogens (primary N) is 1. The molecule has 2 heterocycles. The lowest BCUT2D eigenvalue weighted by Gasteiger charge is -2.16. The van der Waals surface area contributed by atoms with Crippen LogP contribution in [-0.4, -0.2) is 28.6 Å². The molecule has 1 aliphatic heterocycles.